The molecule has 0 atom stereocenters. The third-order valence-electron chi connectivity index (χ3n) is 4.65. The Morgan fingerprint density at radius 1 is 1.28 bits per heavy atom. The van der Waals surface area contributed by atoms with Crippen molar-refractivity contribution >= 4 is 29.9 Å². The van der Waals surface area contributed by atoms with E-state index in [0.29, 0.717) is 18.6 Å². The predicted molar refractivity (Wildman–Crippen MR) is 112 cm³/mol. The Morgan fingerprint density at radius 3 is 2.72 bits per heavy atom. The van der Waals surface area contributed by atoms with Crippen molar-refractivity contribution in [3.63, 3.8) is 0 Å². The van der Waals surface area contributed by atoms with Crippen molar-refractivity contribution < 1.29 is 9.47 Å². The second kappa shape index (κ2) is 12.3. The van der Waals surface area contributed by atoms with Gasteiger partial charge < -0.3 is 20.1 Å². The molecule has 1 heterocycles. The van der Waals surface area contributed by atoms with Gasteiger partial charge in [0.25, 0.3) is 0 Å². The average Bonchev–Trinajstić information content (AvgIpc) is 3.09. The van der Waals surface area contributed by atoms with E-state index in [1.165, 1.54) is 25.7 Å². The molecular formula is C18H31IN4O2. The number of hydrogen-bond acceptors (Lipinski definition) is 4. The van der Waals surface area contributed by atoms with Crippen molar-refractivity contribution in [2.75, 3.05) is 40.5 Å². The molecule has 1 aliphatic carbocycles. The van der Waals surface area contributed by atoms with Crippen LogP contribution in [0.25, 0.3) is 0 Å². The molecule has 2 rings (SSSR count). The van der Waals surface area contributed by atoms with Gasteiger partial charge in [-0.25, -0.2) is 0 Å². The van der Waals surface area contributed by atoms with E-state index in [1.54, 1.807) is 26.6 Å². The number of ether oxygens (including phenoxy) is 2. The Morgan fingerprint density at radius 2 is 2.08 bits per heavy atom. The van der Waals surface area contributed by atoms with Crippen molar-refractivity contribution in [1.29, 1.82) is 0 Å². The lowest BCUT2D eigenvalue weighted by molar-refractivity contribution is 0.138. The molecule has 6 nitrogen and oxygen atoms in total. The summed E-state index contributed by atoms with van der Waals surface area (Å²) in [6, 6.07) is 3.77. The molecule has 0 aliphatic heterocycles. The number of rotatable bonds is 9. The highest BCUT2D eigenvalue weighted by molar-refractivity contribution is 14.0. The Hall–Kier alpha value is -1.09. The highest BCUT2D eigenvalue weighted by Crippen LogP contribution is 2.40. The van der Waals surface area contributed by atoms with Gasteiger partial charge in [0.1, 0.15) is 12.4 Å². The first-order valence-corrected chi connectivity index (χ1v) is 8.74. The largest absolute Gasteiger partial charge is 0.490 e. The standard InChI is InChI=1S/C18H30N4O2.HI/c1-19-17(21-11-13-24-16-6-5-10-20-14-16)22-15-18(9-12-23-2)7-3-4-8-18;/h5-6,10,14H,3-4,7-9,11-13,15H2,1-2H3,(H2,19,21,22);1H. The lowest BCUT2D eigenvalue weighted by Crippen LogP contribution is -2.44. The molecule has 2 N–H and O–H groups in total. The number of guanidine groups is 1. The first kappa shape index (κ1) is 22.0. The van der Waals surface area contributed by atoms with Gasteiger partial charge in [-0.15, -0.1) is 24.0 Å². The molecule has 0 spiro atoms. The van der Waals surface area contributed by atoms with Gasteiger partial charge in [0.2, 0.25) is 0 Å². The van der Waals surface area contributed by atoms with Crippen molar-refractivity contribution in [2.24, 2.45) is 10.4 Å². The van der Waals surface area contributed by atoms with Crippen LogP contribution < -0.4 is 15.4 Å². The van der Waals surface area contributed by atoms with Crippen LogP contribution in [0.1, 0.15) is 32.1 Å². The van der Waals surface area contributed by atoms with Crippen LogP contribution in [0.3, 0.4) is 0 Å². The van der Waals surface area contributed by atoms with Crippen LogP contribution in [0.15, 0.2) is 29.5 Å². The van der Waals surface area contributed by atoms with E-state index in [0.717, 1.165) is 31.3 Å². The topological polar surface area (TPSA) is 67.8 Å². The number of nitrogens with one attached hydrogen (secondary N) is 2. The molecule has 1 aromatic heterocycles. The zero-order valence-electron chi connectivity index (χ0n) is 15.3. The van der Waals surface area contributed by atoms with E-state index < -0.39 is 0 Å². The van der Waals surface area contributed by atoms with Gasteiger partial charge in [0, 0.05) is 33.5 Å². The Bertz CT molecular complexity index is 493. The number of aromatic nitrogens is 1. The maximum absolute atomic E-state index is 5.63. The third-order valence-corrected chi connectivity index (χ3v) is 4.65. The van der Waals surface area contributed by atoms with E-state index >= 15 is 0 Å². The summed E-state index contributed by atoms with van der Waals surface area (Å²) in [5.41, 5.74) is 0.347. The molecule has 142 valence electrons. The molecule has 0 unspecified atom stereocenters. The van der Waals surface area contributed by atoms with Gasteiger partial charge in [0.05, 0.1) is 12.7 Å². The van der Waals surface area contributed by atoms with Crippen LogP contribution in [0.2, 0.25) is 0 Å². The summed E-state index contributed by atoms with van der Waals surface area (Å²) >= 11 is 0. The van der Waals surface area contributed by atoms with E-state index in [9.17, 15) is 0 Å². The maximum atomic E-state index is 5.63. The van der Waals surface area contributed by atoms with Gasteiger partial charge in [-0.3, -0.25) is 9.98 Å². The van der Waals surface area contributed by atoms with Crippen LogP contribution in [0, 0.1) is 5.41 Å². The molecule has 25 heavy (non-hydrogen) atoms. The molecule has 0 aromatic carbocycles. The highest BCUT2D eigenvalue weighted by atomic mass is 127. The predicted octanol–water partition coefficient (Wildman–Crippen LogP) is 2.84. The van der Waals surface area contributed by atoms with Gasteiger partial charge in [-0.2, -0.15) is 0 Å². The summed E-state index contributed by atoms with van der Waals surface area (Å²) in [7, 11) is 3.58. The smallest absolute Gasteiger partial charge is 0.191 e. The van der Waals surface area contributed by atoms with Crippen LogP contribution in [0.5, 0.6) is 5.75 Å². The second-order valence-corrected chi connectivity index (χ2v) is 6.34. The summed E-state index contributed by atoms with van der Waals surface area (Å²) in [6.07, 6.45) is 9.73. The molecule has 1 aliphatic rings. The van der Waals surface area contributed by atoms with Gasteiger partial charge >= 0.3 is 0 Å². The van der Waals surface area contributed by atoms with Crippen LogP contribution in [-0.2, 0) is 4.74 Å². The molecular weight excluding hydrogens is 431 g/mol. The number of halogens is 1. The number of aliphatic imine (C=N–C) groups is 1. The normalized spacial score (nSPS) is 16.2. The molecule has 0 saturated heterocycles. The van der Waals surface area contributed by atoms with Gasteiger partial charge in [-0.05, 0) is 36.8 Å². The molecule has 0 radical (unpaired) electrons. The molecule has 1 saturated carbocycles. The Labute approximate surface area is 168 Å². The fourth-order valence-corrected chi connectivity index (χ4v) is 3.22. The highest BCUT2D eigenvalue weighted by Gasteiger charge is 2.33. The zero-order chi connectivity index (χ0) is 17.1. The third kappa shape index (κ3) is 7.77. The van der Waals surface area contributed by atoms with Gasteiger partial charge in [-0.1, -0.05) is 12.8 Å². The van der Waals surface area contributed by atoms with Crippen LogP contribution in [-0.4, -0.2) is 51.4 Å². The Kier molecular flexibility index (Phi) is 10.8. The van der Waals surface area contributed by atoms with E-state index in [4.69, 9.17) is 9.47 Å². The average molecular weight is 462 g/mol. The Balaban J connectivity index is 0.00000312. The van der Waals surface area contributed by atoms with Crippen molar-refractivity contribution in [3.8, 4) is 5.75 Å². The fraction of sp³-hybridized carbons (Fsp3) is 0.667. The minimum Gasteiger partial charge on any atom is -0.490 e. The molecule has 0 amide bonds. The zero-order valence-corrected chi connectivity index (χ0v) is 17.6. The summed E-state index contributed by atoms with van der Waals surface area (Å²) in [4.78, 5) is 8.33. The van der Waals surface area contributed by atoms with E-state index in [-0.39, 0.29) is 24.0 Å². The van der Waals surface area contributed by atoms with Crippen molar-refractivity contribution in [2.45, 2.75) is 32.1 Å². The second-order valence-electron chi connectivity index (χ2n) is 6.34. The fourth-order valence-electron chi connectivity index (χ4n) is 3.22. The lowest BCUT2D eigenvalue weighted by Gasteiger charge is -2.29. The summed E-state index contributed by atoms with van der Waals surface area (Å²) < 4.78 is 10.9. The van der Waals surface area contributed by atoms with Crippen LogP contribution >= 0.6 is 24.0 Å². The van der Waals surface area contributed by atoms with Crippen molar-refractivity contribution in [1.82, 2.24) is 15.6 Å². The summed E-state index contributed by atoms with van der Waals surface area (Å²) in [6.45, 7) is 3.03. The lowest BCUT2D eigenvalue weighted by atomic mass is 9.83. The maximum Gasteiger partial charge on any atom is 0.191 e. The van der Waals surface area contributed by atoms with E-state index in [2.05, 4.69) is 20.6 Å². The molecule has 7 heteroatoms. The molecule has 0 bridgehead atoms. The number of nitrogens with zero attached hydrogens (tertiary/aromatic N) is 2. The number of pyridine rings is 1. The minimum absolute atomic E-state index is 0. The summed E-state index contributed by atoms with van der Waals surface area (Å²) in [5, 5.41) is 6.77. The van der Waals surface area contributed by atoms with Crippen molar-refractivity contribution in [3.05, 3.63) is 24.5 Å². The molecule has 1 aromatic rings. The summed E-state index contributed by atoms with van der Waals surface area (Å²) in [5.74, 6) is 1.61. The SMILES string of the molecule is CN=C(NCCOc1cccnc1)NCC1(CCOC)CCCC1.I. The van der Waals surface area contributed by atoms with Gasteiger partial charge in [0.15, 0.2) is 5.96 Å². The quantitative estimate of drug-likeness (QED) is 0.256. The number of hydrogen-bond donors (Lipinski definition) is 2. The van der Waals surface area contributed by atoms with Crippen LogP contribution in [0.4, 0.5) is 0 Å². The minimum atomic E-state index is 0. The first-order valence-electron chi connectivity index (χ1n) is 8.74. The first-order chi connectivity index (χ1) is 11.8. The molecule has 1 fully saturated rings. The monoisotopic (exact) mass is 462 g/mol. The number of methoxy groups -OCH3 is 1. The van der Waals surface area contributed by atoms with E-state index in [1.807, 2.05) is 12.1 Å².